The van der Waals surface area contributed by atoms with Crippen molar-refractivity contribution in [3.8, 4) is 0 Å². The van der Waals surface area contributed by atoms with Crippen molar-refractivity contribution in [2.75, 3.05) is 5.32 Å². The molecule has 1 nitrogen and oxygen atoms in total. The van der Waals surface area contributed by atoms with E-state index in [1.165, 1.54) is 5.56 Å². The summed E-state index contributed by atoms with van der Waals surface area (Å²) < 4.78 is 38.8. The van der Waals surface area contributed by atoms with Gasteiger partial charge in [0.15, 0.2) is 17.5 Å². The van der Waals surface area contributed by atoms with Gasteiger partial charge in [-0.3, -0.25) is 0 Å². The molecule has 0 saturated heterocycles. The summed E-state index contributed by atoms with van der Waals surface area (Å²) in [6.07, 6.45) is 0. The quantitative estimate of drug-likeness (QED) is 0.814. The first-order valence-electron chi connectivity index (χ1n) is 5.92. The van der Waals surface area contributed by atoms with E-state index in [1.807, 2.05) is 32.0 Å². The van der Waals surface area contributed by atoms with Gasteiger partial charge in [-0.05, 0) is 30.5 Å². The lowest BCUT2D eigenvalue weighted by Crippen LogP contribution is -2.02. The monoisotopic (exact) mass is 265 g/mol. The zero-order valence-corrected chi connectivity index (χ0v) is 10.7. The van der Waals surface area contributed by atoms with Gasteiger partial charge in [0.2, 0.25) is 0 Å². The van der Waals surface area contributed by atoms with Gasteiger partial charge in [0.1, 0.15) is 0 Å². The molecule has 0 amide bonds. The maximum atomic E-state index is 13.0. The van der Waals surface area contributed by atoms with Gasteiger partial charge < -0.3 is 5.32 Å². The van der Waals surface area contributed by atoms with Gasteiger partial charge in [-0.25, -0.2) is 13.2 Å². The average Bonchev–Trinajstić information content (AvgIpc) is 2.37. The second-order valence-corrected chi connectivity index (χ2v) is 4.53. The summed E-state index contributed by atoms with van der Waals surface area (Å²) in [7, 11) is 0. The predicted molar refractivity (Wildman–Crippen MR) is 69.6 cm³/mol. The summed E-state index contributed by atoms with van der Waals surface area (Å²) >= 11 is 0. The van der Waals surface area contributed by atoms with Gasteiger partial charge in [-0.1, -0.05) is 18.2 Å². The summed E-state index contributed by atoms with van der Waals surface area (Å²) in [4.78, 5) is 0. The van der Waals surface area contributed by atoms with Crippen molar-refractivity contribution in [1.82, 2.24) is 0 Å². The van der Waals surface area contributed by atoms with E-state index in [-0.39, 0.29) is 5.69 Å². The summed E-state index contributed by atoms with van der Waals surface area (Å²) in [6.45, 7) is 4.43. The fourth-order valence-corrected chi connectivity index (χ4v) is 1.78. The van der Waals surface area contributed by atoms with Crippen molar-refractivity contribution < 1.29 is 13.2 Å². The van der Waals surface area contributed by atoms with Crippen molar-refractivity contribution in [2.24, 2.45) is 0 Å². The molecule has 0 bridgehead atoms. The molecular weight excluding hydrogens is 251 g/mol. The van der Waals surface area contributed by atoms with Crippen LogP contribution in [0.2, 0.25) is 0 Å². The van der Waals surface area contributed by atoms with Crippen LogP contribution in [-0.2, 0) is 6.54 Å². The van der Waals surface area contributed by atoms with Crippen LogP contribution in [0.5, 0.6) is 0 Å². The second-order valence-electron chi connectivity index (χ2n) is 4.53. The molecule has 0 radical (unpaired) electrons. The van der Waals surface area contributed by atoms with Gasteiger partial charge in [-0.2, -0.15) is 0 Å². The van der Waals surface area contributed by atoms with E-state index in [0.717, 1.165) is 23.3 Å². The van der Waals surface area contributed by atoms with Crippen molar-refractivity contribution >= 4 is 5.69 Å². The van der Waals surface area contributed by atoms with E-state index in [9.17, 15) is 13.2 Å². The molecule has 2 aromatic carbocycles. The van der Waals surface area contributed by atoms with E-state index < -0.39 is 17.5 Å². The summed E-state index contributed by atoms with van der Waals surface area (Å²) in [5.74, 6) is -3.83. The number of benzene rings is 2. The number of hydrogen-bond donors (Lipinski definition) is 1. The van der Waals surface area contributed by atoms with Crippen LogP contribution >= 0.6 is 0 Å². The van der Waals surface area contributed by atoms with Crippen molar-refractivity contribution in [1.29, 1.82) is 0 Å². The molecule has 0 heterocycles. The Balaban J connectivity index is 2.12. The Hall–Kier alpha value is -1.97. The highest BCUT2D eigenvalue weighted by atomic mass is 19.2. The highest BCUT2D eigenvalue weighted by Crippen LogP contribution is 2.18. The van der Waals surface area contributed by atoms with Crippen LogP contribution in [0.4, 0.5) is 18.9 Å². The Labute approximate surface area is 110 Å². The first-order chi connectivity index (χ1) is 8.97. The first-order valence-corrected chi connectivity index (χ1v) is 5.92. The Morgan fingerprint density at radius 2 is 1.53 bits per heavy atom. The predicted octanol–water partition coefficient (Wildman–Crippen LogP) is 4.33. The molecule has 0 fully saturated rings. The van der Waals surface area contributed by atoms with Crippen LogP contribution in [0.1, 0.15) is 16.7 Å². The lowest BCUT2D eigenvalue weighted by atomic mass is 10.1. The molecular formula is C15H14F3N. The third kappa shape index (κ3) is 3.08. The summed E-state index contributed by atoms with van der Waals surface area (Å²) in [5.41, 5.74) is 3.54. The molecule has 2 rings (SSSR count). The molecule has 0 aliphatic carbocycles. The minimum Gasteiger partial charge on any atom is -0.381 e. The van der Waals surface area contributed by atoms with E-state index in [1.54, 1.807) is 0 Å². The van der Waals surface area contributed by atoms with Crippen LogP contribution < -0.4 is 5.32 Å². The van der Waals surface area contributed by atoms with Gasteiger partial charge in [0.25, 0.3) is 0 Å². The zero-order valence-electron chi connectivity index (χ0n) is 10.7. The Morgan fingerprint density at radius 3 is 2.11 bits per heavy atom. The molecule has 0 spiro atoms. The topological polar surface area (TPSA) is 12.0 Å². The van der Waals surface area contributed by atoms with Crippen molar-refractivity contribution in [3.05, 3.63) is 64.5 Å². The van der Waals surface area contributed by atoms with Crippen LogP contribution in [0.15, 0.2) is 30.3 Å². The molecule has 2 aromatic rings. The number of aryl methyl sites for hydroxylation is 2. The smallest absolute Gasteiger partial charge is 0.194 e. The molecule has 1 N–H and O–H groups in total. The fourth-order valence-electron chi connectivity index (χ4n) is 1.78. The van der Waals surface area contributed by atoms with E-state index in [0.29, 0.717) is 6.54 Å². The third-order valence-corrected chi connectivity index (χ3v) is 3.05. The normalized spacial score (nSPS) is 10.6. The van der Waals surface area contributed by atoms with E-state index in [2.05, 4.69) is 5.32 Å². The van der Waals surface area contributed by atoms with Crippen LogP contribution in [-0.4, -0.2) is 0 Å². The third-order valence-electron chi connectivity index (χ3n) is 3.05. The molecule has 0 unspecified atom stereocenters. The molecule has 4 heteroatoms. The average molecular weight is 265 g/mol. The van der Waals surface area contributed by atoms with Crippen LogP contribution in [0.3, 0.4) is 0 Å². The summed E-state index contributed by atoms with van der Waals surface area (Å²) in [6, 6.07) is 7.81. The molecule has 0 aliphatic rings. The number of hydrogen-bond acceptors (Lipinski definition) is 1. The number of rotatable bonds is 3. The Kier molecular flexibility index (Phi) is 3.79. The maximum absolute atomic E-state index is 13.0. The highest BCUT2D eigenvalue weighted by molar-refractivity contribution is 5.45. The molecule has 100 valence electrons. The summed E-state index contributed by atoms with van der Waals surface area (Å²) in [5, 5.41) is 2.87. The lowest BCUT2D eigenvalue weighted by molar-refractivity contribution is 0.447. The lowest BCUT2D eigenvalue weighted by Gasteiger charge is -2.09. The van der Waals surface area contributed by atoms with Gasteiger partial charge in [0, 0.05) is 24.4 Å². The Morgan fingerprint density at radius 1 is 0.895 bits per heavy atom. The van der Waals surface area contributed by atoms with Crippen LogP contribution in [0.25, 0.3) is 0 Å². The minimum atomic E-state index is -1.45. The number of halogens is 3. The van der Waals surface area contributed by atoms with Gasteiger partial charge in [0.05, 0.1) is 0 Å². The second kappa shape index (κ2) is 5.34. The molecule has 0 saturated carbocycles. The SMILES string of the molecule is Cc1ccc(CNc2cc(F)c(F)c(F)c2)cc1C. The number of anilines is 1. The fraction of sp³-hybridized carbons (Fsp3) is 0.200. The zero-order chi connectivity index (χ0) is 14.0. The standard InChI is InChI=1S/C15H14F3N/c1-9-3-4-11(5-10(9)2)8-19-12-6-13(16)15(18)14(17)7-12/h3-7,19H,8H2,1-2H3. The van der Waals surface area contributed by atoms with Gasteiger partial charge in [-0.15, -0.1) is 0 Å². The van der Waals surface area contributed by atoms with Gasteiger partial charge >= 0.3 is 0 Å². The molecule has 19 heavy (non-hydrogen) atoms. The minimum absolute atomic E-state index is 0.217. The number of nitrogens with one attached hydrogen (secondary N) is 1. The van der Waals surface area contributed by atoms with Crippen molar-refractivity contribution in [2.45, 2.75) is 20.4 Å². The molecule has 0 atom stereocenters. The maximum Gasteiger partial charge on any atom is 0.194 e. The highest BCUT2D eigenvalue weighted by Gasteiger charge is 2.10. The van der Waals surface area contributed by atoms with Crippen molar-refractivity contribution in [3.63, 3.8) is 0 Å². The largest absolute Gasteiger partial charge is 0.381 e. The Bertz CT molecular complexity index is 585. The van der Waals surface area contributed by atoms with E-state index in [4.69, 9.17) is 0 Å². The first kappa shape index (κ1) is 13.5. The molecule has 0 aromatic heterocycles. The van der Waals surface area contributed by atoms with E-state index >= 15 is 0 Å². The molecule has 0 aliphatic heterocycles. The van der Waals surface area contributed by atoms with Crippen LogP contribution in [0, 0.1) is 31.3 Å².